The third-order valence-electron chi connectivity index (χ3n) is 5.15. The van der Waals surface area contributed by atoms with Crippen molar-refractivity contribution in [2.75, 3.05) is 5.32 Å². The summed E-state index contributed by atoms with van der Waals surface area (Å²) in [7, 11) is -4.02. The van der Waals surface area contributed by atoms with Crippen molar-refractivity contribution in [3.05, 3.63) is 76.1 Å². The van der Waals surface area contributed by atoms with Crippen molar-refractivity contribution < 1.29 is 17.7 Å². The molecule has 0 radical (unpaired) electrons. The van der Waals surface area contributed by atoms with Gasteiger partial charge in [0.05, 0.1) is 0 Å². The molecule has 1 aliphatic heterocycles. The van der Waals surface area contributed by atoms with Crippen LogP contribution >= 0.6 is 11.6 Å². The van der Waals surface area contributed by atoms with Gasteiger partial charge >= 0.3 is 0 Å². The third-order valence-corrected chi connectivity index (χ3v) is 7.51. The molecule has 3 aromatic rings. The van der Waals surface area contributed by atoms with E-state index in [0.29, 0.717) is 10.7 Å². The van der Waals surface area contributed by atoms with E-state index in [2.05, 4.69) is 10.5 Å². The van der Waals surface area contributed by atoms with Crippen LogP contribution in [-0.4, -0.2) is 29.8 Å². The maximum absolute atomic E-state index is 13.5. The second-order valence-corrected chi connectivity index (χ2v) is 9.45. The Hall–Kier alpha value is -2.68. The Bertz CT molecular complexity index is 1190. The number of hydrogen-bond donors (Lipinski definition) is 1. The Morgan fingerprint density at radius 1 is 1.13 bits per heavy atom. The standard InChI is InChI=1S/C21H20ClN3O4S/c1-13-20(14(2)29-24-13)30(27,28)25-12-16-6-4-3-5-15(16)11-19(25)21(26)23-18-9-7-17(22)8-10-18/h3-10,19H,11-12H2,1-2H3,(H,23,26)/t19-/m0/s1. The van der Waals surface area contributed by atoms with Crippen LogP contribution in [0.2, 0.25) is 5.02 Å². The number of fused-ring (bicyclic) bond motifs is 1. The van der Waals surface area contributed by atoms with Crippen molar-refractivity contribution in [1.82, 2.24) is 9.46 Å². The Morgan fingerprint density at radius 3 is 2.43 bits per heavy atom. The van der Waals surface area contributed by atoms with Crippen LogP contribution in [0.3, 0.4) is 0 Å². The number of aromatic nitrogens is 1. The van der Waals surface area contributed by atoms with Crippen molar-refractivity contribution in [2.24, 2.45) is 0 Å². The SMILES string of the molecule is Cc1noc(C)c1S(=O)(=O)N1Cc2ccccc2C[C@H]1C(=O)Nc1ccc(Cl)cc1. The van der Waals surface area contributed by atoms with E-state index in [0.717, 1.165) is 11.1 Å². The van der Waals surface area contributed by atoms with Crippen molar-refractivity contribution in [3.8, 4) is 0 Å². The molecular weight excluding hydrogens is 426 g/mol. The molecule has 9 heteroatoms. The first-order chi connectivity index (χ1) is 14.3. The van der Waals surface area contributed by atoms with Gasteiger partial charge in [0.15, 0.2) is 5.76 Å². The summed E-state index contributed by atoms with van der Waals surface area (Å²) in [5, 5.41) is 7.12. The fourth-order valence-electron chi connectivity index (χ4n) is 3.69. The van der Waals surface area contributed by atoms with E-state index in [1.165, 1.54) is 4.31 Å². The number of halogens is 1. The summed E-state index contributed by atoms with van der Waals surface area (Å²) in [5.74, 6) is -0.217. The molecule has 2 aromatic carbocycles. The van der Waals surface area contributed by atoms with E-state index >= 15 is 0 Å². The molecule has 1 N–H and O–H groups in total. The molecule has 1 amide bonds. The number of carbonyl (C=O) groups excluding carboxylic acids is 1. The smallest absolute Gasteiger partial charge is 0.249 e. The summed E-state index contributed by atoms with van der Waals surface area (Å²) in [6.07, 6.45) is 0.262. The van der Waals surface area contributed by atoms with Gasteiger partial charge in [-0.05, 0) is 55.7 Å². The molecule has 7 nitrogen and oxygen atoms in total. The van der Waals surface area contributed by atoms with Gasteiger partial charge in [-0.1, -0.05) is 41.0 Å². The minimum atomic E-state index is -4.02. The van der Waals surface area contributed by atoms with E-state index in [1.54, 1.807) is 38.1 Å². The number of amides is 1. The molecule has 156 valence electrons. The zero-order chi connectivity index (χ0) is 21.5. The second-order valence-electron chi connectivity index (χ2n) is 7.19. The summed E-state index contributed by atoms with van der Waals surface area (Å²) in [6.45, 7) is 3.21. The van der Waals surface area contributed by atoms with E-state index in [4.69, 9.17) is 16.1 Å². The lowest BCUT2D eigenvalue weighted by atomic mass is 9.95. The number of anilines is 1. The van der Waals surface area contributed by atoms with Gasteiger partial charge in [0, 0.05) is 17.3 Å². The number of carbonyl (C=O) groups is 1. The minimum Gasteiger partial charge on any atom is -0.360 e. The summed E-state index contributed by atoms with van der Waals surface area (Å²) < 4.78 is 33.4. The summed E-state index contributed by atoms with van der Waals surface area (Å²) in [4.78, 5) is 13.2. The van der Waals surface area contributed by atoms with Gasteiger partial charge in [0.1, 0.15) is 16.6 Å². The van der Waals surface area contributed by atoms with Gasteiger partial charge in [-0.15, -0.1) is 0 Å². The van der Waals surface area contributed by atoms with Crippen LogP contribution in [0.4, 0.5) is 5.69 Å². The molecule has 0 aliphatic carbocycles. The largest absolute Gasteiger partial charge is 0.360 e. The molecule has 0 bridgehead atoms. The monoisotopic (exact) mass is 445 g/mol. The molecule has 0 saturated carbocycles. The van der Waals surface area contributed by atoms with Crippen LogP contribution in [0.1, 0.15) is 22.6 Å². The molecule has 2 heterocycles. The highest BCUT2D eigenvalue weighted by Gasteiger charge is 2.42. The number of nitrogens with one attached hydrogen (secondary N) is 1. The number of sulfonamides is 1. The number of nitrogens with zero attached hydrogens (tertiary/aromatic N) is 2. The first kappa shape index (κ1) is 20.6. The minimum absolute atomic E-state index is 0.00572. The second kappa shape index (κ2) is 7.86. The van der Waals surface area contributed by atoms with E-state index in [-0.39, 0.29) is 29.3 Å². The average Bonchev–Trinajstić information content (AvgIpc) is 3.07. The fraction of sp³-hybridized carbons (Fsp3) is 0.238. The molecular formula is C21H20ClN3O4S. The van der Waals surface area contributed by atoms with E-state index in [1.807, 2.05) is 24.3 Å². The topological polar surface area (TPSA) is 92.5 Å². The lowest BCUT2D eigenvalue weighted by Gasteiger charge is -2.34. The Kier molecular flexibility index (Phi) is 5.40. The number of rotatable bonds is 4. The summed E-state index contributed by atoms with van der Waals surface area (Å²) in [6, 6.07) is 13.3. The van der Waals surface area contributed by atoms with Crippen LogP contribution < -0.4 is 5.32 Å². The number of benzene rings is 2. The maximum Gasteiger partial charge on any atom is 0.249 e. The van der Waals surface area contributed by atoms with Crippen LogP contribution in [-0.2, 0) is 27.8 Å². The zero-order valence-electron chi connectivity index (χ0n) is 16.4. The Morgan fingerprint density at radius 2 is 1.80 bits per heavy atom. The van der Waals surface area contributed by atoms with Gasteiger partial charge < -0.3 is 9.84 Å². The van der Waals surface area contributed by atoms with Gasteiger partial charge in [0.2, 0.25) is 15.9 Å². The first-order valence-electron chi connectivity index (χ1n) is 9.35. The van der Waals surface area contributed by atoms with Crippen LogP contribution in [0.15, 0.2) is 57.9 Å². The number of hydrogen-bond acceptors (Lipinski definition) is 5. The third kappa shape index (κ3) is 3.74. The molecule has 1 aliphatic rings. The predicted octanol–water partition coefficient (Wildman–Crippen LogP) is 3.70. The predicted molar refractivity (Wildman–Crippen MR) is 113 cm³/mol. The van der Waals surface area contributed by atoms with Crippen molar-refractivity contribution >= 4 is 33.2 Å². The van der Waals surface area contributed by atoms with Gasteiger partial charge in [-0.25, -0.2) is 8.42 Å². The molecule has 0 saturated heterocycles. The molecule has 1 aromatic heterocycles. The molecule has 30 heavy (non-hydrogen) atoms. The molecule has 0 fully saturated rings. The van der Waals surface area contributed by atoms with E-state index < -0.39 is 22.0 Å². The maximum atomic E-state index is 13.5. The Labute approximate surface area is 179 Å². The number of aryl methyl sites for hydroxylation is 2. The first-order valence-corrected chi connectivity index (χ1v) is 11.2. The average molecular weight is 446 g/mol. The highest BCUT2D eigenvalue weighted by Crippen LogP contribution is 2.32. The lowest BCUT2D eigenvalue weighted by molar-refractivity contribution is -0.120. The van der Waals surface area contributed by atoms with Gasteiger partial charge in [-0.3, -0.25) is 4.79 Å². The van der Waals surface area contributed by atoms with Crippen LogP contribution in [0, 0.1) is 13.8 Å². The van der Waals surface area contributed by atoms with Gasteiger partial charge in [0.25, 0.3) is 0 Å². The molecule has 0 spiro atoms. The van der Waals surface area contributed by atoms with E-state index in [9.17, 15) is 13.2 Å². The van der Waals surface area contributed by atoms with Gasteiger partial charge in [-0.2, -0.15) is 4.31 Å². The lowest BCUT2D eigenvalue weighted by Crippen LogP contribution is -2.50. The molecule has 4 rings (SSSR count). The highest BCUT2D eigenvalue weighted by molar-refractivity contribution is 7.89. The molecule has 1 atom stereocenters. The van der Waals surface area contributed by atoms with Crippen LogP contribution in [0.5, 0.6) is 0 Å². The highest BCUT2D eigenvalue weighted by atomic mass is 35.5. The van der Waals surface area contributed by atoms with Crippen molar-refractivity contribution in [2.45, 2.75) is 37.8 Å². The normalized spacial score (nSPS) is 16.8. The summed E-state index contributed by atoms with van der Waals surface area (Å²) in [5.41, 5.74) is 2.61. The van der Waals surface area contributed by atoms with Crippen molar-refractivity contribution in [3.63, 3.8) is 0 Å². The van der Waals surface area contributed by atoms with Crippen molar-refractivity contribution in [1.29, 1.82) is 0 Å². The molecule has 0 unspecified atom stereocenters. The Balaban J connectivity index is 1.74. The van der Waals surface area contributed by atoms with Crippen LogP contribution in [0.25, 0.3) is 0 Å². The zero-order valence-corrected chi connectivity index (χ0v) is 18.0. The fourth-order valence-corrected chi connectivity index (χ4v) is 5.68. The quantitative estimate of drug-likeness (QED) is 0.661. The summed E-state index contributed by atoms with van der Waals surface area (Å²) >= 11 is 5.91.